The Morgan fingerprint density at radius 2 is 1.43 bits per heavy atom. The first-order valence-electron chi connectivity index (χ1n) is 12.9. The van der Waals surface area contributed by atoms with Gasteiger partial charge in [0.25, 0.3) is 0 Å². The highest BCUT2D eigenvalue weighted by molar-refractivity contribution is 5.79. The van der Waals surface area contributed by atoms with Crippen LogP contribution in [0, 0.1) is 23.2 Å². The number of hydrogen-bond acceptors (Lipinski definition) is 8. The Labute approximate surface area is 220 Å². The summed E-state index contributed by atoms with van der Waals surface area (Å²) < 4.78 is 16.6. The number of ether oxygens (including phenoxy) is 3. The van der Waals surface area contributed by atoms with Crippen LogP contribution in [0.25, 0.3) is 0 Å². The summed E-state index contributed by atoms with van der Waals surface area (Å²) in [4.78, 5) is 49.4. The fraction of sp³-hybridized carbons (Fsp3) is 0.643. The van der Waals surface area contributed by atoms with Crippen LogP contribution >= 0.6 is 0 Å². The second-order valence-corrected chi connectivity index (χ2v) is 10.4. The molecule has 0 aromatic heterocycles. The Hall–Kier alpha value is -2.94. The van der Waals surface area contributed by atoms with Crippen molar-refractivity contribution in [3.8, 4) is 11.5 Å². The van der Waals surface area contributed by atoms with Crippen LogP contribution in [0.15, 0.2) is 18.2 Å². The number of rotatable bonds is 14. The van der Waals surface area contributed by atoms with Crippen molar-refractivity contribution in [2.45, 2.75) is 86.6 Å². The largest absolute Gasteiger partial charge is 0.480 e. The van der Waals surface area contributed by atoms with Gasteiger partial charge >= 0.3 is 23.9 Å². The number of esters is 3. The number of carbonyl (C=O) groups excluding carboxylic acids is 3. The maximum atomic E-state index is 12.6. The molecule has 0 amide bonds. The van der Waals surface area contributed by atoms with Crippen LogP contribution in [-0.2, 0) is 23.9 Å². The van der Waals surface area contributed by atoms with E-state index in [1.807, 2.05) is 20.8 Å². The number of aliphatic carboxylic acids is 1. The SMILES string of the molecule is CCC(C)C(=O)Oc1ccc(C(C(C)COC(=O)C(C)(C)CC)[C@H](N)C(=O)O)cc1OC(=O)C(C)CC. The molecule has 4 unspecified atom stereocenters. The van der Waals surface area contributed by atoms with Crippen LogP contribution in [-0.4, -0.2) is 41.6 Å². The van der Waals surface area contributed by atoms with Gasteiger partial charge in [0.2, 0.25) is 0 Å². The molecule has 0 aliphatic rings. The van der Waals surface area contributed by atoms with Gasteiger partial charge in [-0.05, 0) is 56.7 Å². The highest BCUT2D eigenvalue weighted by atomic mass is 16.6. The first kappa shape index (κ1) is 32.1. The summed E-state index contributed by atoms with van der Waals surface area (Å²) in [5.74, 6) is -4.62. The lowest BCUT2D eigenvalue weighted by atomic mass is 9.81. The summed E-state index contributed by atoms with van der Waals surface area (Å²) in [6.07, 6.45) is 1.70. The summed E-state index contributed by atoms with van der Waals surface area (Å²) >= 11 is 0. The third-order valence-corrected chi connectivity index (χ3v) is 7.00. The zero-order chi connectivity index (χ0) is 28.5. The summed E-state index contributed by atoms with van der Waals surface area (Å²) in [7, 11) is 0. The van der Waals surface area contributed by atoms with E-state index in [1.54, 1.807) is 40.7 Å². The van der Waals surface area contributed by atoms with E-state index in [0.717, 1.165) is 0 Å². The van der Waals surface area contributed by atoms with E-state index < -0.39 is 47.1 Å². The van der Waals surface area contributed by atoms with E-state index in [0.29, 0.717) is 24.8 Å². The standard InChI is InChI=1S/C28H43NO8/c1-9-16(4)25(32)36-20-13-12-19(14-21(20)37-26(33)17(5)10-2)22(23(29)24(30)31)18(6)15-35-27(34)28(7,8)11-3/h12-14,16-18,22-23H,9-11,15,29H2,1-8H3,(H,30,31)/t16?,17?,18?,22?,23-/m0/s1. The van der Waals surface area contributed by atoms with Gasteiger partial charge in [-0.15, -0.1) is 0 Å². The number of hydrogen-bond donors (Lipinski definition) is 2. The summed E-state index contributed by atoms with van der Waals surface area (Å²) in [6.45, 7) is 14.3. The van der Waals surface area contributed by atoms with E-state index in [4.69, 9.17) is 19.9 Å². The highest BCUT2D eigenvalue weighted by Crippen LogP contribution is 2.37. The molecule has 0 heterocycles. The minimum absolute atomic E-state index is 0.00153. The normalized spacial score (nSPS) is 15.6. The van der Waals surface area contributed by atoms with Gasteiger partial charge in [-0.1, -0.05) is 47.6 Å². The van der Waals surface area contributed by atoms with Crippen molar-refractivity contribution < 1.29 is 38.5 Å². The minimum atomic E-state index is -1.33. The number of carboxylic acid groups (broad SMARTS) is 1. The van der Waals surface area contributed by atoms with Gasteiger partial charge in [-0.2, -0.15) is 0 Å². The zero-order valence-electron chi connectivity index (χ0n) is 23.3. The van der Waals surface area contributed by atoms with Gasteiger partial charge in [-0.3, -0.25) is 19.2 Å². The Morgan fingerprint density at radius 1 is 0.919 bits per heavy atom. The molecule has 0 saturated carbocycles. The van der Waals surface area contributed by atoms with Crippen LogP contribution in [0.1, 0.15) is 86.1 Å². The predicted molar refractivity (Wildman–Crippen MR) is 139 cm³/mol. The van der Waals surface area contributed by atoms with Crippen LogP contribution in [0.2, 0.25) is 0 Å². The minimum Gasteiger partial charge on any atom is -0.480 e. The molecule has 9 nitrogen and oxygen atoms in total. The molecule has 37 heavy (non-hydrogen) atoms. The maximum Gasteiger partial charge on any atom is 0.321 e. The van der Waals surface area contributed by atoms with E-state index in [2.05, 4.69) is 0 Å². The first-order valence-corrected chi connectivity index (χ1v) is 12.9. The molecular weight excluding hydrogens is 478 g/mol. The molecule has 9 heteroatoms. The molecule has 3 N–H and O–H groups in total. The van der Waals surface area contributed by atoms with Gasteiger partial charge in [0.1, 0.15) is 6.04 Å². The van der Waals surface area contributed by atoms with E-state index in [1.165, 1.54) is 12.1 Å². The Bertz CT molecular complexity index is 958. The van der Waals surface area contributed by atoms with Crippen LogP contribution < -0.4 is 15.2 Å². The van der Waals surface area contributed by atoms with Crippen LogP contribution in [0.4, 0.5) is 0 Å². The zero-order valence-corrected chi connectivity index (χ0v) is 23.3. The lowest BCUT2D eigenvalue weighted by Gasteiger charge is -2.29. The lowest BCUT2D eigenvalue weighted by molar-refractivity contribution is -0.155. The van der Waals surface area contributed by atoms with Crippen molar-refractivity contribution in [2.75, 3.05) is 6.61 Å². The third kappa shape index (κ3) is 8.84. The molecule has 5 atom stereocenters. The van der Waals surface area contributed by atoms with Crippen molar-refractivity contribution in [3.63, 3.8) is 0 Å². The smallest absolute Gasteiger partial charge is 0.321 e. The molecule has 0 aliphatic heterocycles. The summed E-state index contributed by atoms with van der Waals surface area (Å²) in [6, 6.07) is 3.19. The summed E-state index contributed by atoms with van der Waals surface area (Å²) in [5.41, 5.74) is 5.85. The molecule has 1 aromatic rings. The number of carbonyl (C=O) groups is 4. The molecule has 1 aromatic carbocycles. The molecular formula is C28H43NO8. The molecule has 0 spiro atoms. The Balaban J connectivity index is 3.44. The van der Waals surface area contributed by atoms with E-state index >= 15 is 0 Å². The number of carboxylic acids is 1. The average Bonchev–Trinajstić information content (AvgIpc) is 2.87. The molecule has 0 bridgehead atoms. The van der Waals surface area contributed by atoms with Crippen LogP contribution in [0.5, 0.6) is 11.5 Å². The van der Waals surface area contributed by atoms with Crippen molar-refractivity contribution in [1.82, 2.24) is 0 Å². The highest BCUT2D eigenvalue weighted by Gasteiger charge is 2.34. The Kier molecular flexibility index (Phi) is 12.2. The van der Waals surface area contributed by atoms with Gasteiger partial charge in [0.05, 0.1) is 23.9 Å². The van der Waals surface area contributed by atoms with Crippen LogP contribution in [0.3, 0.4) is 0 Å². The topological polar surface area (TPSA) is 142 Å². The molecule has 0 aliphatic carbocycles. The van der Waals surface area contributed by atoms with Gasteiger partial charge in [0.15, 0.2) is 11.5 Å². The monoisotopic (exact) mass is 521 g/mol. The first-order chi connectivity index (χ1) is 17.2. The molecule has 0 fully saturated rings. The molecule has 0 radical (unpaired) electrons. The Morgan fingerprint density at radius 3 is 1.89 bits per heavy atom. The third-order valence-electron chi connectivity index (χ3n) is 7.00. The predicted octanol–water partition coefficient (Wildman–Crippen LogP) is 4.70. The van der Waals surface area contributed by atoms with Crippen molar-refractivity contribution in [3.05, 3.63) is 23.8 Å². The number of benzene rings is 1. The number of nitrogens with two attached hydrogens (primary N) is 1. The molecule has 0 saturated heterocycles. The average molecular weight is 522 g/mol. The van der Waals surface area contributed by atoms with Crippen molar-refractivity contribution in [1.29, 1.82) is 0 Å². The van der Waals surface area contributed by atoms with Gasteiger partial charge in [-0.25, -0.2) is 0 Å². The van der Waals surface area contributed by atoms with E-state index in [9.17, 15) is 24.3 Å². The summed E-state index contributed by atoms with van der Waals surface area (Å²) in [5, 5.41) is 9.70. The van der Waals surface area contributed by atoms with Gasteiger partial charge in [0, 0.05) is 5.92 Å². The maximum absolute atomic E-state index is 12.6. The molecule has 1 rings (SSSR count). The van der Waals surface area contributed by atoms with E-state index in [-0.39, 0.29) is 30.0 Å². The fourth-order valence-electron chi connectivity index (χ4n) is 3.34. The fourth-order valence-corrected chi connectivity index (χ4v) is 3.34. The van der Waals surface area contributed by atoms with Crippen molar-refractivity contribution in [2.24, 2.45) is 28.9 Å². The molecule has 208 valence electrons. The van der Waals surface area contributed by atoms with Crippen molar-refractivity contribution >= 4 is 23.9 Å². The van der Waals surface area contributed by atoms with Gasteiger partial charge < -0.3 is 25.1 Å². The quantitative estimate of drug-likeness (QED) is 0.263. The lowest BCUT2D eigenvalue weighted by Crippen LogP contribution is -2.41. The second kappa shape index (κ2) is 14.1. The second-order valence-electron chi connectivity index (χ2n) is 10.4.